The van der Waals surface area contributed by atoms with Crippen LogP contribution in [0.25, 0.3) is 16.9 Å². The van der Waals surface area contributed by atoms with E-state index in [0.717, 1.165) is 6.42 Å². The van der Waals surface area contributed by atoms with Crippen molar-refractivity contribution in [3.8, 4) is 17.1 Å². The van der Waals surface area contributed by atoms with Crippen LogP contribution in [-0.2, 0) is 16.4 Å². The van der Waals surface area contributed by atoms with Crippen molar-refractivity contribution in [3.63, 3.8) is 0 Å². The molecule has 3 heterocycles. The van der Waals surface area contributed by atoms with E-state index in [9.17, 15) is 23.4 Å². The molecule has 3 N–H and O–H groups in total. The van der Waals surface area contributed by atoms with Gasteiger partial charge in [0, 0.05) is 19.5 Å². The van der Waals surface area contributed by atoms with Gasteiger partial charge in [0.1, 0.15) is 11.6 Å². The lowest BCUT2D eigenvalue weighted by Gasteiger charge is -2.28. The van der Waals surface area contributed by atoms with E-state index in [2.05, 4.69) is 15.1 Å². The zero-order chi connectivity index (χ0) is 22.3. The van der Waals surface area contributed by atoms with Crippen LogP contribution in [0.5, 0.6) is 5.75 Å². The number of piperidine rings is 1. The second kappa shape index (κ2) is 8.06. The van der Waals surface area contributed by atoms with Gasteiger partial charge in [-0.1, -0.05) is 6.92 Å². The molecule has 0 bridgehead atoms. The molecule has 31 heavy (non-hydrogen) atoms. The fourth-order valence-corrected chi connectivity index (χ4v) is 5.34. The van der Waals surface area contributed by atoms with Gasteiger partial charge >= 0.3 is 0 Å². The summed E-state index contributed by atoms with van der Waals surface area (Å²) in [4.78, 5) is 19.7. The molecule has 3 aromatic rings. The smallest absolute Gasteiger partial charge is 0.277 e. The van der Waals surface area contributed by atoms with E-state index < -0.39 is 21.7 Å². The number of H-pyrrole nitrogens is 1. The quantitative estimate of drug-likeness (QED) is 0.534. The minimum Gasteiger partial charge on any atom is -0.507 e. The van der Waals surface area contributed by atoms with Crippen LogP contribution in [0.3, 0.4) is 0 Å². The molecule has 10 nitrogen and oxygen atoms in total. The third kappa shape index (κ3) is 3.84. The Morgan fingerprint density at radius 3 is 2.65 bits per heavy atom. The number of benzene rings is 1. The number of nitrogens with zero attached hydrogens (tertiary/aromatic N) is 4. The Bertz CT molecular complexity index is 1290. The van der Waals surface area contributed by atoms with Crippen molar-refractivity contribution >= 4 is 15.5 Å². The van der Waals surface area contributed by atoms with E-state index in [-0.39, 0.29) is 35.1 Å². The van der Waals surface area contributed by atoms with E-state index >= 15 is 0 Å². The largest absolute Gasteiger partial charge is 0.507 e. The van der Waals surface area contributed by atoms with Crippen molar-refractivity contribution in [1.29, 1.82) is 0 Å². The summed E-state index contributed by atoms with van der Waals surface area (Å²) in [6.45, 7) is 4.15. The van der Waals surface area contributed by atoms with Gasteiger partial charge < -0.3 is 15.2 Å². The van der Waals surface area contributed by atoms with Crippen LogP contribution in [0.1, 0.15) is 37.7 Å². The van der Waals surface area contributed by atoms with Crippen LogP contribution in [0.15, 0.2) is 27.9 Å². The van der Waals surface area contributed by atoms with Crippen molar-refractivity contribution in [1.82, 2.24) is 23.9 Å². The Morgan fingerprint density at radius 1 is 1.26 bits per heavy atom. The zero-order valence-corrected chi connectivity index (χ0v) is 18.2. The maximum atomic E-state index is 13.1. The highest BCUT2D eigenvalue weighted by Gasteiger charge is 2.29. The van der Waals surface area contributed by atoms with Gasteiger partial charge in [0.15, 0.2) is 11.3 Å². The minimum absolute atomic E-state index is 0.0185. The first kappa shape index (κ1) is 21.5. The van der Waals surface area contributed by atoms with Crippen LogP contribution >= 0.6 is 0 Å². The number of aryl methyl sites for hydroxylation is 2. The molecule has 166 valence electrons. The van der Waals surface area contributed by atoms with Crippen molar-refractivity contribution in [3.05, 3.63) is 40.1 Å². The van der Waals surface area contributed by atoms with Gasteiger partial charge in [-0.05, 0) is 44.4 Å². The van der Waals surface area contributed by atoms with Gasteiger partial charge in [0.2, 0.25) is 10.0 Å². The number of sulfonamides is 1. The number of fused-ring (bicyclic) bond motifs is 1. The summed E-state index contributed by atoms with van der Waals surface area (Å²) in [5.74, 6) is 0.470. The molecule has 1 aliphatic heterocycles. The lowest BCUT2D eigenvalue weighted by molar-refractivity contribution is 0.113. The van der Waals surface area contributed by atoms with E-state index in [1.54, 1.807) is 6.92 Å². The molecule has 0 unspecified atom stereocenters. The van der Waals surface area contributed by atoms with E-state index in [1.165, 1.54) is 27.0 Å². The highest BCUT2D eigenvalue weighted by atomic mass is 32.2. The van der Waals surface area contributed by atoms with Crippen LogP contribution in [-0.4, -0.2) is 61.7 Å². The van der Waals surface area contributed by atoms with Gasteiger partial charge in [-0.2, -0.15) is 4.31 Å². The number of aliphatic hydroxyl groups excluding tert-OH is 1. The molecule has 0 saturated carbocycles. The zero-order valence-electron chi connectivity index (χ0n) is 17.4. The van der Waals surface area contributed by atoms with E-state index in [1.807, 2.05) is 6.92 Å². The summed E-state index contributed by atoms with van der Waals surface area (Å²) >= 11 is 0. The molecule has 1 aliphatic rings. The number of aliphatic hydroxyl groups is 1. The summed E-state index contributed by atoms with van der Waals surface area (Å²) < 4.78 is 28.9. The predicted molar refractivity (Wildman–Crippen MR) is 113 cm³/mol. The summed E-state index contributed by atoms with van der Waals surface area (Å²) in [7, 11) is -3.83. The summed E-state index contributed by atoms with van der Waals surface area (Å²) in [5.41, 5.74) is 0.555. The summed E-state index contributed by atoms with van der Waals surface area (Å²) in [6, 6.07) is 3.90. The summed E-state index contributed by atoms with van der Waals surface area (Å²) in [5, 5.41) is 24.5. The summed E-state index contributed by atoms with van der Waals surface area (Å²) in [6.07, 6.45) is 1.67. The highest BCUT2D eigenvalue weighted by Crippen LogP contribution is 2.31. The molecule has 1 aromatic carbocycles. The molecule has 0 atom stereocenters. The number of rotatable bonds is 5. The van der Waals surface area contributed by atoms with Crippen molar-refractivity contribution in [2.45, 2.75) is 50.5 Å². The Morgan fingerprint density at radius 2 is 1.97 bits per heavy atom. The van der Waals surface area contributed by atoms with Gasteiger partial charge in [0.25, 0.3) is 5.56 Å². The van der Waals surface area contributed by atoms with Crippen LogP contribution < -0.4 is 5.56 Å². The maximum Gasteiger partial charge on any atom is 0.277 e. The molecule has 2 aromatic heterocycles. The van der Waals surface area contributed by atoms with Crippen LogP contribution in [0.2, 0.25) is 0 Å². The molecule has 1 saturated heterocycles. The Hall–Kier alpha value is -2.76. The molecule has 0 aliphatic carbocycles. The predicted octanol–water partition coefficient (Wildman–Crippen LogP) is 1.20. The van der Waals surface area contributed by atoms with Crippen molar-refractivity contribution in [2.75, 3.05) is 13.1 Å². The SMILES string of the molecule is CCCc1nc(C)c2c(=O)[nH]c(-c3cc(S(=O)(=O)N4CCC(O)CC4)ccc3O)nn12. The average molecular weight is 448 g/mol. The molecule has 11 heteroatoms. The number of phenols is 1. The van der Waals surface area contributed by atoms with Crippen molar-refractivity contribution < 1.29 is 18.6 Å². The minimum atomic E-state index is -3.83. The molecule has 0 amide bonds. The lowest BCUT2D eigenvalue weighted by Crippen LogP contribution is -2.40. The number of aromatic nitrogens is 4. The number of imidazole rings is 1. The molecule has 0 spiro atoms. The van der Waals surface area contributed by atoms with Gasteiger partial charge in [-0.15, -0.1) is 5.10 Å². The van der Waals surface area contributed by atoms with Crippen LogP contribution in [0.4, 0.5) is 0 Å². The highest BCUT2D eigenvalue weighted by molar-refractivity contribution is 7.89. The third-order valence-corrected chi connectivity index (χ3v) is 7.40. The number of nitrogens with one attached hydrogen (secondary N) is 1. The Labute approximate surface area is 179 Å². The fourth-order valence-electron chi connectivity index (χ4n) is 3.84. The van der Waals surface area contributed by atoms with Gasteiger partial charge in [-0.3, -0.25) is 4.79 Å². The topological polar surface area (TPSA) is 141 Å². The number of aromatic hydroxyl groups is 1. The number of aromatic amines is 1. The first-order chi connectivity index (χ1) is 14.7. The first-order valence-corrected chi connectivity index (χ1v) is 11.7. The van der Waals surface area contributed by atoms with Gasteiger partial charge in [-0.25, -0.2) is 17.9 Å². The molecular formula is C20H25N5O5S. The third-order valence-electron chi connectivity index (χ3n) is 5.50. The van der Waals surface area contributed by atoms with E-state index in [0.29, 0.717) is 36.3 Å². The monoisotopic (exact) mass is 447 g/mol. The normalized spacial score (nSPS) is 16.2. The Balaban J connectivity index is 1.81. The molecular weight excluding hydrogens is 422 g/mol. The Kier molecular flexibility index (Phi) is 5.58. The molecule has 4 rings (SSSR count). The second-order valence-corrected chi connectivity index (χ2v) is 9.68. The van der Waals surface area contributed by atoms with Crippen molar-refractivity contribution in [2.24, 2.45) is 0 Å². The van der Waals surface area contributed by atoms with E-state index in [4.69, 9.17) is 0 Å². The maximum absolute atomic E-state index is 13.1. The van der Waals surface area contributed by atoms with Gasteiger partial charge in [0.05, 0.1) is 22.3 Å². The first-order valence-electron chi connectivity index (χ1n) is 10.2. The average Bonchev–Trinajstić information content (AvgIpc) is 3.04. The van der Waals surface area contributed by atoms with Crippen LogP contribution in [0, 0.1) is 6.92 Å². The second-order valence-electron chi connectivity index (χ2n) is 7.74. The number of hydrogen-bond acceptors (Lipinski definition) is 7. The fraction of sp³-hybridized carbons (Fsp3) is 0.450. The lowest BCUT2D eigenvalue weighted by atomic mass is 10.1. The molecule has 1 fully saturated rings. The molecule has 0 radical (unpaired) electrons. The number of hydrogen-bond donors (Lipinski definition) is 3. The number of phenolic OH excluding ortho intramolecular Hbond substituents is 1. The standard InChI is InChI=1S/C20H25N5O5S/c1-3-4-17-21-12(2)18-20(28)22-19(23-25(17)18)15-11-14(5-6-16(15)27)31(29,30)24-9-7-13(26)8-10-24/h5-6,11,13,26-27H,3-4,7-10H2,1-2H3,(H,22,23,28).